The van der Waals surface area contributed by atoms with Crippen LogP contribution >= 0.6 is 0 Å². The highest BCUT2D eigenvalue weighted by Crippen LogP contribution is 2.46. The van der Waals surface area contributed by atoms with Crippen LogP contribution in [0.2, 0.25) is 0 Å². The van der Waals surface area contributed by atoms with E-state index in [0.29, 0.717) is 0 Å². The van der Waals surface area contributed by atoms with Crippen molar-refractivity contribution >= 4 is 5.78 Å². The number of carbonyl (C=O) groups excluding carboxylic acids is 1. The van der Waals surface area contributed by atoms with E-state index in [-0.39, 0.29) is 11.2 Å². The molecule has 0 saturated heterocycles. The first-order valence-corrected chi connectivity index (χ1v) is 5.36. The van der Waals surface area contributed by atoms with Crippen molar-refractivity contribution in [2.24, 2.45) is 0 Å². The number of allylic oxidation sites excluding steroid dienone is 2. The van der Waals surface area contributed by atoms with E-state index >= 15 is 0 Å². The Labute approximate surface area is 90.8 Å². The van der Waals surface area contributed by atoms with Crippen molar-refractivity contribution < 1.29 is 4.79 Å². The summed E-state index contributed by atoms with van der Waals surface area (Å²) in [6.45, 7) is 3.88. The van der Waals surface area contributed by atoms with Crippen molar-refractivity contribution in [1.29, 1.82) is 0 Å². The van der Waals surface area contributed by atoms with Gasteiger partial charge in [-0.1, -0.05) is 42.8 Å². The van der Waals surface area contributed by atoms with Crippen molar-refractivity contribution in [3.63, 3.8) is 0 Å². The molecule has 0 atom stereocenters. The van der Waals surface area contributed by atoms with E-state index in [4.69, 9.17) is 0 Å². The predicted octanol–water partition coefficient (Wildman–Crippen LogP) is 3.25. The number of benzene rings is 1. The summed E-state index contributed by atoms with van der Waals surface area (Å²) in [6.07, 6.45) is 3.83. The average molecular weight is 200 g/mol. The molecule has 1 aromatic rings. The van der Waals surface area contributed by atoms with Crippen molar-refractivity contribution in [2.45, 2.75) is 32.1 Å². The fraction of sp³-hybridized carbons (Fsp3) is 0.357. The van der Waals surface area contributed by atoms with Crippen LogP contribution in [0.25, 0.3) is 0 Å². The van der Waals surface area contributed by atoms with Gasteiger partial charge in [0.25, 0.3) is 0 Å². The topological polar surface area (TPSA) is 17.1 Å². The highest BCUT2D eigenvalue weighted by atomic mass is 16.1. The van der Waals surface area contributed by atoms with Gasteiger partial charge in [0.1, 0.15) is 0 Å². The summed E-state index contributed by atoms with van der Waals surface area (Å²) in [5, 5.41) is 0. The van der Waals surface area contributed by atoms with E-state index in [2.05, 4.69) is 31.2 Å². The van der Waals surface area contributed by atoms with Gasteiger partial charge in [-0.2, -0.15) is 0 Å². The van der Waals surface area contributed by atoms with E-state index in [1.54, 1.807) is 13.0 Å². The molecule has 0 spiro atoms. The monoisotopic (exact) mass is 200 g/mol. The highest BCUT2D eigenvalue weighted by molar-refractivity contribution is 5.88. The molecule has 15 heavy (non-hydrogen) atoms. The molecule has 1 aliphatic rings. The fourth-order valence-electron chi connectivity index (χ4n) is 2.38. The molecular formula is C14H16O. The number of rotatable bonds is 2. The van der Waals surface area contributed by atoms with E-state index in [0.717, 1.165) is 12.8 Å². The Balaban J connectivity index is 2.12. The molecule has 0 aromatic heterocycles. The third-order valence-electron chi connectivity index (χ3n) is 3.11. The van der Waals surface area contributed by atoms with Gasteiger partial charge >= 0.3 is 0 Å². The molecule has 1 heteroatoms. The second kappa shape index (κ2) is 3.65. The lowest BCUT2D eigenvalue weighted by molar-refractivity contribution is -0.112. The molecule has 2 rings (SSSR count). The maximum absolute atomic E-state index is 10.9. The maximum Gasteiger partial charge on any atom is 0.152 e. The van der Waals surface area contributed by atoms with Gasteiger partial charge in [-0.05, 0) is 36.8 Å². The molecule has 78 valence electrons. The summed E-state index contributed by atoms with van der Waals surface area (Å²) >= 11 is 0. The zero-order chi connectivity index (χ0) is 10.9. The lowest BCUT2D eigenvalue weighted by atomic mass is 9.63. The van der Waals surface area contributed by atoms with Crippen LogP contribution in [0.5, 0.6) is 0 Å². The van der Waals surface area contributed by atoms with Gasteiger partial charge in [-0.25, -0.2) is 0 Å². The van der Waals surface area contributed by atoms with Gasteiger partial charge < -0.3 is 0 Å². The Hall–Kier alpha value is -1.37. The van der Waals surface area contributed by atoms with E-state index in [1.165, 1.54) is 11.1 Å². The molecule has 0 N–H and O–H groups in total. The van der Waals surface area contributed by atoms with E-state index < -0.39 is 0 Å². The molecule has 0 unspecified atom stereocenters. The normalized spacial score (nSPS) is 24.5. The standard InChI is InChI=1S/C14H16O/c1-11(15)8-12-9-14(2,10-12)13-6-4-3-5-7-13/h3-8H,9-10H2,1-2H3. The Bertz CT molecular complexity index is 393. The van der Waals surface area contributed by atoms with Crippen LogP contribution in [0, 0.1) is 0 Å². The minimum Gasteiger partial charge on any atom is -0.295 e. The molecule has 0 heterocycles. The quantitative estimate of drug-likeness (QED) is 0.670. The molecule has 1 aliphatic carbocycles. The van der Waals surface area contributed by atoms with E-state index in [9.17, 15) is 4.79 Å². The average Bonchev–Trinajstić information content (AvgIpc) is 2.16. The second-order valence-corrected chi connectivity index (χ2v) is 4.69. The number of hydrogen-bond acceptors (Lipinski definition) is 1. The van der Waals surface area contributed by atoms with Gasteiger partial charge in [0.2, 0.25) is 0 Å². The summed E-state index contributed by atoms with van der Waals surface area (Å²) in [5.74, 6) is 0.167. The summed E-state index contributed by atoms with van der Waals surface area (Å²) < 4.78 is 0. The van der Waals surface area contributed by atoms with Gasteiger partial charge in [-0.3, -0.25) is 4.79 Å². The molecule has 0 bridgehead atoms. The third kappa shape index (κ3) is 2.01. The first-order chi connectivity index (χ1) is 7.10. The number of hydrogen-bond donors (Lipinski definition) is 0. The van der Waals surface area contributed by atoms with Gasteiger partial charge in [0.15, 0.2) is 5.78 Å². The van der Waals surface area contributed by atoms with Crippen molar-refractivity contribution in [1.82, 2.24) is 0 Å². The SMILES string of the molecule is CC(=O)C=C1CC(C)(c2ccccc2)C1. The summed E-state index contributed by atoms with van der Waals surface area (Å²) in [4.78, 5) is 10.9. The Morgan fingerprint density at radius 1 is 1.27 bits per heavy atom. The third-order valence-corrected chi connectivity index (χ3v) is 3.11. The minimum absolute atomic E-state index is 0.167. The lowest BCUT2D eigenvalue weighted by Crippen LogP contribution is -2.32. The first-order valence-electron chi connectivity index (χ1n) is 5.36. The van der Waals surface area contributed by atoms with Crippen molar-refractivity contribution in [3.05, 3.63) is 47.5 Å². The Morgan fingerprint density at radius 3 is 2.40 bits per heavy atom. The molecule has 0 amide bonds. The molecular weight excluding hydrogens is 184 g/mol. The minimum atomic E-state index is 0.167. The van der Waals surface area contributed by atoms with Crippen molar-refractivity contribution in [2.75, 3.05) is 0 Å². The van der Waals surface area contributed by atoms with E-state index in [1.807, 2.05) is 6.07 Å². The zero-order valence-corrected chi connectivity index (χ0v) is 9.29. The van der Waals surface area contributed by atoms with Gasteiger partial charge in [0, 0.05) is 0 Å². The van der Waals surface area contributed by atoms with Gasteiger partial charge in [0.05, 0.1) is 0 Å². The largest absolute Gasteiger partial charge is 0.295 e. The molecule has 1 aromatic carbocycles. The van der Waals surface area contributed by atoms with Crippen LogP contribution in [0.4, 0.5) is 0 Å². The van der Waals surface area contributed by atoms with Crippen LogP contribution in [-0.2, 0) is 10.2 Å². The van der Waals surface area contributed by atoms with Crippen molar-refractivity contribution in [3.8, 4) is 0 Å². The first kappa shape index (κ1) is 10.2. The molecule has 0 aliphatic heterocycles. The number of carbonyl (C=O) groups is 1. The highest BCUT2D eigenvalue weighted by Gasteiger charge is 2.37. The number of ketones is 1. The maximum atomic E-state index is 10.9. The molecule has 1 saturated carbocycles. The van der Waals surface area contributed by atoms with Gasteiger partial charge in [-0.15, -0.1) is 0 Å². The molecule has 0 radical (unpaired) electrons. The summed E-state index contributed by atoms with van der Waals surface area (Å²) in [5.41, 5.74) is 2.92. The Kier molecular flexibility index (Phi) is 2.47. The van der Waals surface area contributed by atoms with Crippen LogP contribution in [-0.4, -0.2) is 5.78 Å². The summed E-state index contributed by atoms with van der Waals surface area (Å²) in [6, 6.07) is 10.5. The predicted molar refractivity (Wildman–Crippen MR) is 61.8 cm³/mol. The smallest absolute Gasteiger partial charge is 0.152 e. The van der Waals surface area contributed by atoms with Crippen LogP contribution in [0.15, 0.2) is 42.0 Å². The van der Waals surface area contributed by atoms with Crippen LogP contribution in [0.3, 0.4) is 0 Å². The molecule has 1 nitrogen and oxygen atoms in total. The lowest BCUT2D eigenvalue weighted by Gasteiger charge is -2.41. The van der Waals surface area contributed by atoms with Crippen LogP contribution < -0.4 is 0 Å². The Morgan fingerprint density at radius 2 is 1.87 bits per heavy atom. The van der Waals surface area contributed by atoms with Crippen LogP contribution in [0.1, 0.15) is 32.3 Å². The molecule has 1 fully saturated rings. The fourth-order valence-corrected chi connectivity index (χ4v) is 2.38. The zero-order valence-electron chi connectivity index (χ0n) is 9.29. The summed E-state index contributed by atoms with van der Waals surface area (Å²) in [7, 11) is 0. The second-order valence-electron chi connectivity index (χ2n) is 4.69.